The second kappa shape index (κ2) is 9.31. The minimum atomic E-state index is -0.211. The molecule has 2 rings (SSSR count). The fourth-order valence-electron chi connectivity index (χ4n) is 2.15. The van der Waals surface area contributed by atoms with Crippen LogP contribution in [0.15, 0.2) is 36.7 Å². The third-order valence-electron chi connectivity index (χ3n) is 3.43. The number of halogens is 1. The van der Waals surface area contributed by atoms with Crippen molar-refractivity contribution in [3.63, 3.8) is 0 Å². The number of hydrogen-bond donors (Lipinski definition) is 1. The maximum Gasteiger partial charge on any atom is 0.251 e. The van der Waals surface area contributed by atoms with Gasteiger partial charge in [-0.15, -0.1) is 0 Å². The predicted octanol–water partition coefficient (Wildman–Crippen LogP) is -1.53. The summed E-state index contributed by atoms with van der Waals surface area (Å²) in [5.41, 5.74) is 1.46. The fraction of sp³-hybridized carbons (Fsp3) is 0.294. The van der Waals surface area contributed by atoms with Crippen molar-refractivity contribution in [2.75, 3.05) is 21.3 Å². The quantitative estimate of drug-likeness (QED) is 0.434. The minimum Gasteiger partial charge on any atom is -1.00 e. The van der Waals surface area contributed by atoms with Crippen molar-refractivity contribution < 1.29 is 47.5 Å². The minimum absolute atomic E-state index is 0. The number of aromatic nitrogens is 1. The average molecular weight is 444 g/mol. The SMILES string of the molecule is COc1cc(C(=O)NCc2cc[n+](C)cc2)cc(OC)c1OC.[I-]. The zero-order valence-electron chi connectivity index (χ0n) is 14.1. The van der Waals surface area contributed by atoms with Crippen LogP contribution in [-0.4, -0.2) is 27.2 Å². The zero-order chi connectivity index (χ0) is 16.8. The van der Waals surface area contributed by atoms with Gasteiger partial charge in [0.25, 0.3) is 5.91 Å². The van der Waals surface area contributed by atoms with Crippen LogP contribution in [0.1, 0.15) is 15.9 Å². The molecule has 1 amide bonds. The molecule has 2 aromatic rings. The van der Waals surface area contributed by atoms with Crippen molar-refractivity contribution in [2.45, 2.75) is 6.54 Å². The van der Waals surface area contributed by atoms with E-state index in [0.29, 0.717) is 29.4 Å². The van der Waals surface area contributed by atoms with E-state index in [4.69, 9.17) is 14.2 Å². The average Bonchev–Trinajstić information content (AvgIpc) is 2.59. The first-order valence-corrected chi connectivity index (χ1v) is 7.11. The molecular weight excluding hydrogens is 423 g/mol. The number of nitrogens with zero attached hydrogens (tertiary/aromatic N) is 1. The van der Waals surface area contributed by atoms with Crippen LogP contribution in [0.4, 0.5) is 0 Å². The van der Waals surface area contributed by atoms with Crippen LogP contribution in [0.2, 0.25) is 0 Å². The van der Waals surface area contributed by atoms with Gasteiger partial charge in [-0.05, 0) is 17.7 Å². The number of carbonyl (C=O) groups is 1. The Bertz CT molecular complexity index is 664. The van der Waals surface area contributed by atoms with Gasteiger partial charge in [0.05, 0.1) is 21.3 Å². The molecule has 0 bridgehead atoms. The van der Waals surface area contributed by atoms with Crippen molar-refractivity contribution in [2.24, 2.45) is 7.05 Å². The molecule has 1 heterocycles. The van der Waals surface area contributed by atoms with Crippen LogP contribution in [0.5, 0.6) is 17.2 Å². The van der Waals surface area contributed by atoms with Crippen molar-refractivity contribution in [1.82, 2.24) is 5.32 Å². The summed E-state index contributed by atoms with van der Waals surface area (Å²) in [6, 6.07) is 7.16. The maximum atomic E-state index is 12.4. The van der Waals surface area contributed by atoms with Crippen molar-refractivity contribution in [3.05, 3.63) is 47.8 Å². The third kappa shape index (κ3) is 4.73. The summed E-state index contributed by atoms with van der Waals surface area (Å²) in [5, 5.41) is 2.87. The van der Waals surface area contributed by atoms with Crippen LogP contribution in [0.3, 0.4) is 0 Å². The van der Waals surface area contributed by atoms with Crippen LogP contribution in [0, 0.1) is 0 Å². The first-order valence-electron chi connectivity index (χ1n) is 7.11. The molecule has 1 N–H and O–H groups in total. The van der Waals surface area contributed by atoms with Gasteiger partial charge in [-0.3, -0.25) is 4.79 Å². The van der Waals surface area contributed by atoms with E-state index in [-0.39, 0.29) is 29.9 Å². The molecule has 0 fully saturated rings. The number of amides is 1. The molecule has 24 heavy (non-hydrogen) atoms. The first-order chi connectivity index (χ1) is 11.1. The number of benzene rings is 1. The molecule has 0 atom stereocenters. The highest BCUT2D eigenvalue weighted by Crippen LogP contribution is 2.38. The molecule has 0 spiro atoms. The van der Waals surface area contributed by atoms with E-state index in [1.807, 2.05) is 36.1 Å². The van der Waals surface area contributed by atoms with E-state index in [1.54, 1.807) is 12.1 Å². The number of aryl methyl sites for hydroxylation is 1. The molecule has 6 nitrogen and oxygen atoms in total. The number of nitrogens with one attached hydrogen (secondary N) is 1. The lowest BCUT2D eigenvalue weighted by molar-refractivity contribution is -0.671. The summed E-state index contributed by atoms with van der Waals surface area (Å²) in [7, 11) is 6.50. The highest BCUT2D eigenvalue weighted by Gasteiger charge is 2.16. The van der Waals surface area contributed by atoms with Crippen molar-refractivity contribution in [1.29, 1.82) is 0 Å². The van der Waals surface area contributed by atoms with Crippen LogP contribution in [0.25, 0.3) is 0 Å². The number of pyridine rings is 1. The topological polar surface area (TPSA) is 60.7 Å². The Morgan fingerprint density at radius 3 is 2.04 bits per heavy atom. The lowest BCUT2D eigenvalue weighted by Gasteiger charge is -2.14. The molecule has 0 aliphatic heterocycles. The Kier molecular flexibility index (Phi) is 7.76. The zero-order valence-corrected chi connectivity index (χ0v) is 16.3. The molecule has 0 saturated heterocycles. The summed E-state index contributed by atoms with van der Waals surface area (Å²) in [6.45, 7) is 0.441. The van der Waals surface area contributed by atoms with Crippen LogP contribution < -0.4 is 48.1 Å². The molecule has 1 aromatic carbocycles. The van der Waals surface area contributed by atoms with Gasteiger partial charge in [-0.25, -0.2) is 4.57 Å². The maximum absolute atomic E-state index is 12.4. The Hall–Kier alpha value is -2.03. The normalized spacial score (nSPS) is 9.67. The highest BCUT2D eigenvalue weighted by molar-refractivity contribution is 5.95. The molecule has 0 saturated carbocycles. The molecule has 0 aliphatic carbocycles. The number of ether oxygens (including phenoxy) is 3. The predicted molar refractivity (Wildman–Crippen MR) is 84.9 cm³/mol. The second-order valence-electron chi connectivity index (χ2n) is 4.97. The Morgan fingerprint density at radius 1 is 1.04 bits per heavy atom. The third-order valence-corrected chi connectivity index (χ3v) is 3.43. The van der Waals surface area contributed by atoms with Gasteiger partial charge in [0.1, 0.15) is 7.05 Å². The number of methoxy groups -OCH3 is 3. The number of rotatable bonds is 6. The molecule has 7 heteroatoms. The van der Waals surface area contributed by atoms with Gasteiger partial charge in [0.2, 0.25) is 5.75 Å². The summed E-state index contributed by atoms with van der Waals surface area (Å²) < 4.78 is 17.7. The summed E-state index contributed by atoms with van der Waals surface area (Å²) >= 11 is 0. The number of hydrogen-bond acceptors (Lipinski definition) is 4. The van der Waals surface area contributed by atoms with Crippen molar-refractivity contribution >= 4 is 5.91 Å². The molecule has 1 aromatic heterocycles. The Morgan fingerprint density at radius 2 is 1.58 bits per heavy atom. The van der Waals surface area contributed by atoms with Crippen LogP contribution in [-0.2, 0) is 13.6 Å². The highest BCUT2D eigenvalue weighted by atomic mass is 127. The van der Waals surface area contributed by atoms with E-state index < -0.39 is 0 Å². The van der Waals surface area contributed by atoms with Gasteiger partial charge >= 0.3 is 0 Å². The van der Waals surface area contributed by atoms with E-state index in [2.05, 4.69) is 5.32 Å². The first kappa shape index (κ1) is 20.0. The van der Waals surface area contributed by atoms with Gasteiger partial charge in [-0.2, -0.15) is 0 Å². The van der Waals surface area contributed by atoms with E-state index in [0.717, 1.165) is 5.56 Å². The van der Waals surface area contributed by atoms with E-state index in [9.17, 15) is 4.79 Å². The van der Waals surface area contributed by atoms with Crippen LogP contribution >= 0.6 is 0 Å². The van der Waals surface area contributed by atoms with Gasteiger partial charge < -0.3 is 43.5 Å². The molecule has 0 aliphatic rings. The number of carbonyl (C=O) groups excluding carboxylic acids is 1. The molecule has 130 valence electrons. The largest absolute Gasteiger partial charge is 1.00 e. The van der Waals surface area contributed by atoms with E-state index >= 15 is 0 Å². The Labute approximate surface area is 158 Å². The molecule has 0 radical (unpaired) electrons. The monoisotopic (exact) mass is 444 g/mol. The fourth-order valence-corrected chi connectivity index (χ4v) is 2.15. The smallest absolute Gasteiger partial charge is 0.251 e. The summed E-state index contributed by atoms with van der Waals surface area (Å²) in [6.07, 6.45) is 3.86. The molecule has 0 unspecified atom stereocenters. The van der Waals surface area contributed by atoms with Gasteiger partial charge in [-0.1, -0.05) is 0 Å². The standard InChI is InChI=1S/C17H20N2O4.HI/c1-19-7-5-12(6-8-19)11-18-17(20)13-9-14(21-2)16(23-4)15(10-13)22-3;/h5-10H,11H2,1-4H3;1H. The Balaban J connectivity index is 0.00000288. The van der Waals surface area contributed by atoms with Gasteiger partial charge in [0, 0.05) is 24.2 Å². The summed E-state index contributed by atoms with van der Waals surface area (Å²) in [5.74, 6) is 1.15. The molecular formula is C17H21IN2O4. The van der Waals surface area contributed by atoms with Crippen molar-refractivity contribution in [3.8, 4) is 17.2 Å². The summed E-state index contributed by atoms with van der Waals surface area (Å²) in [4.78, 5) is 12.4. The van der Waals surface area contributed by atoms with E-state index in [1.165, 1.54) is 21.3 Å². The van der Waals surface area contributed by atoms with Gasteiger partial charge in [0.15, 0.2) is 23.9 Å². The lowest BCUT2D eigenvalue weighted by atomic mass is 10.1. The second-order valence-corrected chi connectivity index (χ2v) is 4.97. The lowest BCUT2D eigenvalue weighted by Crippen LogP contribution is -3.00.